The Bertz CT molecular complexity index is 81.8. The molecule has 2 rings (SSSR count). The number of morpholine rings is 2. The Morgan fingerprint density at radius 1 is 0.733 bits per heavy atom. The van der Waals surface area contributed by atoms with E-state index in [1.807, 2.05) is 0 Å². The maximum absolute atomic E-state index is 5.01. The molecule has 0 bridgehead atoms. The Labute approximate surface area is 106 Å². The third-order valence-corrected chi connectivity index (χ3v) is 1.69. The standard InChI is InChI=1S/2C4H9NO.2ClH.Fe/c2*1-3-6-4-2-5-1;;;/h2*5H,1-4H2;2*1H;/q;;;;+2/p-2. The van der Waals surface area contributed by atoms with Gasteiger partial charge in [-0.25, -0.2) is 0 Å². The van der Waals surface area contributed by atoms with Crippen molar-refractivity contribution in [3.05, 3.63) is 0 Å². The van der Waals surface area contributed by atoms with Crippen LogP contribution in [0.2, 0.25) is 0 Å². The van der Waals surface area contributed by atoms with E-state index < -0.39 is 0 Å². The van der Waals surface area contributed by atoms with E-state index in [0.29, 0.717) is 0 Å². The molecule has 2 aliphatic rings. The minimum absolute atomic E-state index is 0.194. The summed E-state index contributed by atoms with van der Waals surface area (Å²) in [6.07, 6.45) is 0. The molecular formula is C8H18Cl2FeN2O2. The van der Waals surface area contributed by atoms with Crippen LogP contribution in [0.25, 0.3) is 0 Å². The van der Waals surface area contributed by atoms with Gasteiger partial charge in [-0.1, -0.05) is 0 Å². The van der Waals surface area contributed by atoms with E-state index in [9.17, 15) is 0 Å². The average molecular weight is 301 g/mol. The predicted octanol–water partition coefficient (Wildman–Crippen LogP) is 0.589. The van der Waals surface area contributed by atoms with Crippen LogP contribution in [-0.4, -0.2) is 52.6 Å². The molecule has 2 N–H and O–H groups in total. The van der Waals surface area contributed by atoms with Crippen LogP contribution >= 0.6 is 20.2 Å². The van der Waals surface area contributed by atoms with Crippen molar-refractivity contribution in [2.45, 2.75) is 0 Å². The first-order chi connectivity index (χ1) is 7.41. The zero-order valence-corrected chi connectivity index (χ0v) is 11.2. The summed E-state index contributed by atoms with van der Waals surface area (Å²) in [6.45, 7) is 7.67. The van der Waals surface area contributed by atoms with Crippen LogP contribution in [-0.2, 0) is 22.6 Å². The van der Waals surface area contributed by atoms with Gasteiger partial charge in [0.25, 0.3) is 0 Å². The molecule has 0 aromatic heterocycles. The molecule has 0 radical (unpaired) electrons. The Hall–Kier alpha value is 0.939. The van der Waals surface area contributed by atoms with Crippen LogP contribution in [0.4, 0.5) is 0 Å². The Balaban J connectivity index is 0.000000210. The summed E-state index contributed by atoms with van der Waals surface area (Å²) < 4.78 is 10.0. The van der Waals surface area contributed by atoms with Crippen molar-refractivity contribution in [3.63, 3.8) is 0 Å². The van der Waals surface area contributed by atoms with Crippen molar-refractivity contribution in [1.29, 1.82) is 0 Å². The summed E-state index contributed by atoms with van der Waals surface area (Å²) >= 11 is 0.194. The SMILES string of the molecule is C1COCCN1.C1COCCN1.[Cl][Fe][Cl]. The summed E-state index contributed by atoms with van der Waals surface area (Å²) in [5.41, 5.74) is 0. The number of halogens is 2. The first kappa shape index (κ1) is 15.9. The summed E-state index contributed by atoms with van der Waals surface area (Å²) in [5, 5.41) is 6.32. The van der Waals surface area contributed by atoms with E-state index in [4.69, 9.17) is 29.7 Å². The molecule has 0 spiro atoms. The fourth-order valence-electron chi connectivity index (χ4n) is 1.03. The van der Waals surface area contributed by atoms with E-state index in [-0.39, 0.29) is 13.1 Å². The number of hydrogen-bond donors (Lipinski definition) is 2. The van der Waals surface area contributed by atoms with Crippen molar-refractivity contribution in [2.24, 2.45) is 0 Å². The Morgan fingerprint density at radius 2 is 1.00 bits per heavy atom. The molecule has 4 nitrogen and oxygen atoms in total. The summed E-state index contributed by atoms with van der Waals surface area (Å²) in [4.78, 5) is 0. The van der Waals surface area contributed by atoms with Gasteiger partial charge in [0, 0.05) is 26.2 Å². The van der Waals surface area contributed by atoms with Crippen molar-refractivity contribution < 1.29 is 22.6 Å². The number of ether oxygens (including phenoxy) is 2. The third-order valence-electron chi connectivity index (χ3n) is 1.69. The van der Waals surface area contributed by atoms with E-state index in [1.165, 1.54) is 0 Å². The molecule has 0 unspecified atom stereocenters. The summed E-state index contributed by atoms with van der Waals surface area (Å²) in [5.74, 6) is 0. The van der Waals surface area contributed by atoms with Crippen LogP contribution in [0.15, 0.2) is 0 Å². The molecule has 0 aromatic carbocycles. The quantitative estimate of drug-likeness (QED) is 0.643. The molecular weight excluding hydrogens is 283 g/mol. The first-order valence-corrected chi connectivity index (χ1v) is 7.87. The molecule has 2 aliphatic heterocycles. The van der Waals surface area contributed by atoms with Gasteiger partial charge in [0.2, 0.25) is 0 Å². The third kappa shape index (κ3) is 14.9. The molecule has 2 heterocycles. The van der Waals surface area contributed by atoms with E-state index >= 15 is 0 Å². The molecule has 2 fully saturated rings. The van der Waals surface area contributed by atoms with Gasteiger partial charge in [-0.3, -0.25) is 0 Å². The normalized spacial score (nSPS) is 20.7. The number of nitrogens with one attached hydrogen (secondary N) is 2. The Morgan fingerprint density at radius 3 is 1.07 bits per heavy atom. The van der Waals surface area contributed by atoms with Gasteiger partial charge >= 0.3 is 33.3 Å². The molecule has 0 atom stereocenters. The fraction of sp³-hybridized carbons (Fsp3) is 1.00. The summed E-state index contributed by atoms with van der Waals surface area (Å²) in [7, 11) is 9.53. The van der Waals surface area contributed by atoms with Crippen molar-refractivity contribution in [2.75, 3.05) is 52.6 Å². The van der Waals surface area contributed by atoms with Crippen LogP contribution in [0.1, 0.15) is 0 Å². The van der Waals surface area contributed by atoms with Crippen LogP contribution in [0.5, 0.6) is 0 Å². The van der Waals surface area contributed by atoms with Crippen molar-refractivity contribution >= 4 is 20.2 Å². The molecule has 7 heteroatoms. The summed E-state index contributed by atoms with van der Waals surface area (Å²) in [6, 6.07) is 0. The average Bonchev–Trinajstić information content (AvgIpc) is 2.35. The van der Waals surface area contributed by atoms with E-state index in [1.54, 1.807) is 0 Å². The first-order valence-electron chi connectivity index (χ1n) is 4.84. The molecule has 0 aliphatic carbocycles. The topological polar surface area (TPSA) is 42.5 Å². The van der Waals surface area contributed by atoms with Crippen molar-refractivity contribution in [3.8, 4) is 0 Å². The van der Waals surface area contributed by atoms with E-state index in [2.05, 4.69) is 10.6 Å². The van der Waals surface area contributed by atoms with Gasteiger partial charge in [0.15, 0.2) is 0 Å². The van der Waals surface area contributed by atoms with Gasteiger partial charge in [-0.2, -0.15) is 0 Å². The number of hydrogen-bond acceptors (Lipinski definition) is 4. The molecule has 0 saturated carbocycles. The van der Waals surface area contributed by atoms with Gasteiger partial charge in [0.1, 0.15) is 0 Å². The fourth-order valence-corrected chi connectivity index (χ4v) is 1.03. The van der Waals surface area contributed by atoms with Crippen LogP contribution in [0, 0.1) is 0 Å². The van der Waals surface area contributed by atoms with Gasteiger partial charge in [0.05, 0.1) is 26.4 Å². The van der Waals surface area contributed by atoms with Crippen LogP contribution in [0.3, 0.4) is 0 Å². The zero-order chi connectivity index (χ0) is 11.2. The monoisotopic (exact) mass is 300 g/mol. The van der Waals surface area contributed by atoms with Crippen molar-refractivity contribution in [1.82, 2.24) is 10.6 Å². The second-order valence-corrected chi connectivity index (χ2v) is 4.60. The zero-order valence-electron chi connectivity index (χ0n) is 8.58. The molecule has 94 valence electrons. The predicted molar refractivity (Wildman–Crippen MR) is 59.1 cm³/mol. The molecule has 15 heavy (non-hydrogen) atoms. The molecule has 0 aromatic rings. The second-order valence-electron chi connectivity index (χ2n) is 2.78. The number of rotatable bonds is 0. The van der Waals surface area contributed by atoms with Gasteiger partial charge in [-0.15, -0.1) is 0 Å². The van der Waals surface area contributed by atoms with Crippen LogP contribution < -0.4 is 10.6 Å². The van der Waals surface area contributed by atoms with E-state index in [0.717, 1.165) is 52.6 Å². The maximum atomic E-state index is 5.01. The Kier molecular flexibility index (Phi) is 15.9. The minimum atomic E-state index is 0.194. The molecule has 2 saturated heterocycles. The molecule has 0 amide bonds. The van der Waals surface area contributed by atoms with Gasteiger partial charge in [-0.05, 0) is 0 Å². The second kappa shape index (κ2) is 14.9. The van der Waals surface area contributed by atoms with Gasteiger partial charge < -0.3 is 20.1 Å².